The Bertz CT molecular complexity index is 474. The number of hydrogen-bond acceptors (Lipinski definition) is 3. The van der Waals surface area contributed by atoms with Crippen LogP contribution in [0.25, 0.3) is 0 Å². The summed E-state index contributed by atoms with van der Waals surface area (Å²) in [7, 11) is 0. The Morgan fingerprint density at radius 3 is 2.83 bits per heavy atom. The Morgan fingerprint density at radius 2 is 2.28 bits per heavy atom. The van der Waals surface area contributed by atoms with Gasteiger partial charge in [0.25, 0.3) is 0 Å². The molecule has 1 saturated carbocycles. The van der Waals surface area contributed by atoms with Crippen LogP contribution >= 0.6 is 34.2 Å². The van der Waals surface area contributed by atoms with E-state index in [9.17, 15) is 0 Å². The minimum atomic E-state index is 0.152. The molecule has 0 unspecified atom stereocenters. The molecule has 18 heavy (non-hydrogen) atoms. The predicted molar refractivity (Wildman–Crippen MR) is 82.4 cm³/mol. The molecule has 6 heteroatoms. The van der Waals surface area contributed by atoms with Crippen molar-refractivity contribution >= 4 is 45.7 Å². The largest absolute Gasteiger partial charge is 0.409 e. The van der Waals surface area contributed by atoms with Crippen LogP contribution in [-0.4, -0.2) is 17.6 Å². The third kappa shape index (κ3) is 3.41. The fourth-order valence-electron chi connectivity index (χ4n) is 1.93. The first-order chi connectivity index (χ1) is 8.54. The summed E-state index contributed by atoms with van der Waals surface area (Å²) in [6.07, 6.45) is 2.86. The van der Waals surface area contributed by atoms with Gasteiger partial charge >= 0.3 is 0 Å². The summed E-state index contributed by atoms with van der Waals surface area (Å²) in [6.45, 7) is 0.834. The molecule has 0 atom stereocenters. The molecule has 0 spiro atoms. The summed E-state index contributed by atoms with van der Waals surface area (Å²) in [4.78, 5) is 0. The van der Waals surface area contributed by atoms with Gasteiger partial charge in [-0.15, -0.1) is 0 Å². The van der Waals surface area contributed by atoms with E-state index in [0.717, 1.165) is 33.7 Å². The Labute approximate surface area is 125 Å². The van der Waals surface area contributed by atoms with E-state index in [-0.39, 0.29) is 5.41 Å². The second kappa shape index (κ2) is 5.52. The normalized spacial score (nSPS) is 17.6. The molecule has 1 aromatic carbocycles. The Hall–Kier alpha value is -0.690. The van der Waals surface area contributed by atoms with Crippen LogP contribution in [0.1, 0.15) is 19.3 Å². The first kappa shape index (κ1) is 13.7. The topological polar surface area (TPSA) is 70.6 Å². The van der Waals surface area contributed by atoms with Crippen molar-refractivity contribution in [2.45, 2.75) is 19.3 Å². The number of benzene rings is 1. The number of hydrogen-bond donors (Lipinski definition) is 3. The molecule has 0 aromatic heterocycles. The predicted octanol–water partition coefficient (Wildman–Crippen LogP) is 3.27. The van der Waals surface area contributed by atoms with E-state index >= 15 is 0 Å². The van der Waals surface area contributed by atoms with Crippen molar-refractivity contribution in [3.8, 4) is 0 Å². The summed E-state index contributed by atoms with van der Waals surface area (Å²) in [6, 6.07) is 5.77. The molecule has 0 aliphatic heterocycles. The van der Waals surface area contributed by atoms with Gasteiger partial charge < -0.3 is 16.3 Å². The van der Waals surface area contributed by atoms with Gasteiger partial charge in [-0.1, -0.05) is 16.8 Å². The van der Waals surface area contributed by atoms with Crippen LogP contribution in [0, 0.1) is 8.99 Å². The fraction of sp³-hybridized carbons (Fsp3) is 0.417. The fourth-order valence-corrected chi connectivity index (χ4v) is 2.99. The van der Waals surface area contributed by atoms with Gasteiger partial charge in [0.05, 0.1) is 0 Å². The first-order valence-corrected chi connectivity index (χ1v) is 7.16. The van der Waals surface area contributed by atoms with E-state index in [1.165, 1.54) is 0 Å². The van der Waals surface area contributed by atoms with Gasteiger partial charge in [0.15, 0.2) is 0 Å². The standard InChI is InChI=1S/C12H15ClIN3O/c13-8-1-2-10(9(14)5-8)16-7-12(3-4-12)6-11(15)17-18/h1-2,5,16,18H,3-4,6-7H2,(H2,15,17). The summed E-state index contributed by atoms with van der Waals surface area (Å²) in [5, 5.41) is 15.8. The third-order valence-electron chi connectivity index (χ3n) is 3.23. The van der Waals surface area contributed by atoms with Crippen LogP contribution in [0.5, 0.6) is 0 Å². The number of nitrogens with one attached hydrogen (secondary N) is 1. The van der Waals surface area contributed by atoms with E-state index in [0.29, 0.717) is 12.3 Å². The highest BCUT2D eigenvalue weighted by atomic mass is 127. The second-order valence-electron chi connectivity index (χ2n) is 4.75. The molecule has 0 saturated heterocycles. The molecule has 0 heterocycles. The molecular formula is C12H15ClIN3O. The van der Waals surface area contributed by atoms with E-state index in [1.54, 1.807) is 0 Å². The molecule has 0 bridgehead atoms. The number of anilines is 1. The van der Waals surface area contributed by atoms with E-state index in [4.69, 9.17) is 22.5 Å². The molecule has 1 aliphatic rings. The highest BCUT2D eigenvalue weighted by Crippen LogP contribution is 2.48. The lowest BCUT2D eigenvalue weighted by Crippen LogP contribution is -2.23. The van der Waals surface area contributed by atoms with Crippen molar-refractivity contribution in [3.63, 3.8) is 0 Å². The average molecular weight is 380 g/mol. The molecular weight excluding hydrogens is 365 g/mol. The number of amidine groups is 1. The van der Waals surface area contributed by atoms with Crippen LogP contribution in [0.15, 0.2) is 23.4 Å². The van der Waals surface area contributed by atoms with Gasteiger partial charge in [0.2, 0.25) is 0 Å². The van der Waals surface area contributed by atoms with Crippen LogP contribution in [-0.2, 0) is 0 Å². The Balaban J connectivity index is 1.95. The lowest BCUT2D eigenvalue weighted by atomic mass is 10.0. The number of nitrogens with two attached hydrogens (primary N) is 1. The van der Waals surface area contributed by atoms with Crippen LogP contribution in [0.4, 0.5) is 5.69 Å². The van der Waals surface area contributed by atoms with E-state index in [2.05, 4.69) is 33.1 Å². The smallest absolute Gasteiger partial charge is 0.139 e. The lowest BCUT2D eigenvalue weighted by Gasteiger charge is -2.17. The molecule has 1 aliphatic carbocycles. The minimum Gasteiger partial charge on any atom is -0.409 e. The molecule has 4 N–H and O–H groups in total. The maximum Gasteiger partial charge on any atom is 0.139 e. The first-order valence-electron chi connectivity index (χ1n) is 5.70. The molecule has 98 valence electrons. The summed E-state index contributed by atoms with van der Waals surface area (Å²) >= 11 is 8.17. The lowest BCUT2D eigenvalue weighted by molar-refractivity contribution is 0.315. The van der Waals surface area contributed by atoms with Crippen molar-refractivity contribution in [2.24, 2.45) is 16.3 Å². The van der Waals surface area contributed by atoms with Crippen molar-refractivity contribution in [2.75, 3.05) is 11.9 Å². The van der Waals surface area contributed by atoms with Crippen molar-refractivity contribution in [1.82, 2.24) is 0 Å². The third-order valence-corrected chi connectivity index (χ3v) is 4.35. The number of nitrogens with zero attached hydrogens (tertiary/aromatic N) is 1. The maximum atomic E-state index is 8.61. The molecule has 1 fully saturated rings. The van der Waals surface area contributed by atoms with Gasteiger partial charge in [0, 0.05) is 27.2 Å². The van der Waals surface area contributed by atoms with Crippen molar-refractivity contribution in [1.29, 1.82) is 0 Å². The van der Waals surface area contributed by atoms with Crippen LogP contribution in [0.3, 0.4) is 0 Å². The second-order valence-corrected chi connectivity index (χ2v) is 6.34. The van der Waals surface area contributed by atoms with Crippen LogP contribution in [0.2, 0.25) is 5.02 Å². The van der Waals surface area contributed by atoms with Gasteiger partial charge in [-0.05, 0) is 59.0 Å². The highest BCUT2D eigenvalue weighted by Gasteiger charge is 2.43. The van der Waals surface area contributed by atoms with E-state index in [1.807, 2.05) is 18.2 Å². The highest BCUT2D eigenvalue weighted by molar-refractivity contribution is 14.1. The zero-order chi connectivity index (χ0) is 13.2. The monoisotopic (exact) mass is 379 g/mol. The molecule has 2 rings (SSSR count). The number of halogens is 2. The van der Waals surface area contributed by atoms with Gasteiger partial charge in [-0.3, -0.25) is 0 Å². The molecule has 1 aromatic rings. The zero-order valence-electron chi connectivity index (χ0n) is 9.79. The zero-order valence-corrected chi connectivity index (χ0v) is 12.7. The molecule has 0 radical (unpaired) electrons. The number of rotatable bonds is 5. The van der Waals surface area contributed by atoms with Crippen molar-refractivity contribution < 1.29 is 5.21 Å². The summed E-state index contributed by atoms with van der Waals surface area (Å²) in [5.41, 5.74) is 6.80. The van der Waals surface area contributed by atoms with Gasteiger partial charge in [0.1, 0.15) is 5.84 Å². The van der Waals surface area contributed by atoms with E-state index < -0.39 is 0 Å². The van der Waals surface area contributed by atoms with Gasteiger partial charge in [-0.2, -0.15) is 0 Å². The molecule has 4 nitrogen and oxygen atoms in total. The maximum absolute atomic E-state index is 8.61. The quantitative estimate of drug-likeness (QED) is 0.242. The Morgan fingerprint density at radius 1 is 1.56 bits per heavy atom. The SMILES string of the molecule is N/C(CC1(CNc2ccc(Cl)cc2I)CC1)=N/O. The summed E-state index contributed by atoms with van der Waals surface area (Å²) in [5.74, 6) is 0.306. The van der Waals surface area contributed by atoms with Crippen LogP contribution < -0.4 is 11.1 Å². The minimum absolute atomic E-state index is 0.152. The van der Waals surface area contributed by atoms with Crippen molar-refractivity contribution in [3.05, 3.63) is 26.8 Å². The number of oxime groups is 1. The Kier molecular flexibility index (Phi) is 4.21. The van der Waals surface area contributed by atoms with Gasteiger partial charge in [-0.25, -0.2) is 0 Å². The average Bonchev–Trinajstić information content (AvgIpc) is 3.08. The molecule has 0 amide bonds. The summed E-state index contributed by atoms with van der Waals surface area (Å²) < 4.78 is 1.10.